The number of nitrogens with zero attached hydrogens (tertiary/aromatic N) is 3. The van der Waals surface area contributed by atoms with Crippen LogP contribution in [-0.2, 0) is 13.6 Å². The van der Waals surface area contributed by atoms with E-state index in [0.29, 0.717) is 10.5 Å². The number of aromatic amines is 1. The summed E-state index contributed by atoms with van der Waals surface area (Å²) in [6.07, 6.45) is 1.91. The Hall–Kier alpha value is -1.21. The minimum absolute atomic E-state index is 0.664. The Morgan fingerprint density at radius 3 is 3.14 bits per heavy atom. The highest BCUT2D eigenvalue weighted by atomic mass is 32.1. The van der Waals surface area contributed by atoms with Crippen molar-refractivity contribution in [1.82, 2.24) is 20.0 Å². The molecular formula is C7H9N5S2. The van der Waals surface area contributed by atoms with Crippen LogP contribution in [0.15, 0.2) is 12.3 Å². The molecule has 0 amide bonds. The second-order valence-corrected chi connectivity index (χ2v) is 4.42. The van der Waals surface area contributed by atoms with E-state index < -0.39 is 0 Å². The molecule has 2 N–H and O–H groups in total. The van der Waals surface area contributed by atoms with Crippen molar-refractivity contribution >= 4 is 28.7 Å². The van der Waals surface area contributed by atoms with Crippen molar-refractivity contribution in [2.24, 2.45) is 7.05 Å². The van der Waals surface area contributed by atoms with Crippen LogP contribution in [0.25, 0.3) is 0 Å². The summed E-state index contributed by atoms with van der Waals surface area (Å²) in [5.74, 6) is 0. The molecule has 5 nitrogen and oxygen atoms in total. The molecule has 0 fully saturated rings. The Morgan fingerprint density at radius 2 is 2.57 bits per heavy atom. The lowest BCUT2D eigenvalue weighted by Gasteiger charge is -1.96. The fourth-order valence-corrected chi connectivity index (χ4v) is 1.81. The highest BCUT2D eigenvalue weighted by Crippen LogP contribution is 2.11. The fourth-order valence-electron chi connectivity index (χ4n) is 1.03. The van der Waals surface area contributed by atoms with Crippen LogP contribution in [0.1, 0.15) is 5.69 Å². The summed E-state index contributed by atoms with van der Waals surface area (Å²) in [7, 11) is 1.89. The molecule has 0 radical (unpaired) electrons. The Kier molecular flexibility index (Phi) is 2.60. The van der Waals surface area contributed by atoms with Crippen molar-refractivity contribution in [2.75, 3.05) is 5.32 Å². The third-order valence-corrected chi connectivity index (χ3v) is 2.67. The van der Waals surface area contributed by atoms with Crippen molar-refractivity contribution in [3.63, 3.8) is 0 Å². The molecule has 0 aliphatic heterocycles. The summed E-state index contributed by atoms with van der Waals surface area (Å²) >= 11 is 6.32. The standard InChI is InChI=1S/C7H9N5S2/c1-12-3-2-5(11-12)4-8-6-9-10-7(13)14-6/h2-3H,4H2,1H3,(H,8,9)(H,10,13). The molecule has 7 heteroatoms. The Morgan fingerprint density at radius 1 is 1.71 bits per heavy atom. The third-order valence-electron chi connectivity index (χ3n) is 1.63. The molecule has 0 aliphatic rings. The Labute approximate surface area is 89.8 Å². The normalized spacial score (nSPS) is 10.4. The predicted molar refractivity (Wildman–Crippen MR) is 57.8 cm³/mol. The molecule has 0 aromatic carbocycles. The van der Waals surface area contributed by atoms with Crippen molar-refractivity contribution in [1.29, 1.82) is 0 Å². The minimum Gasteiger partial charge on any atom is -0.354 e. The first-order chi connectivity index (χ1) is 6.74. The number of anilines is 1. The lowest BCUT2D eigenvalue weighted by Crippen LogP contribution is -2.00. The van der Waals surface area contributed by atoms with Gasteiger partial charge in [-0.15, -0.1) is 5.10 Å². The van der Waals surface area contributed by atoms with Gasteiger partial charge >= 0.3 is 0 Å². The number of hydrogen-bond acceptors (Lipinski definition) is 5. The first-order valence-electron chi connectivity index (χ1n) is 4.02. The SMILES string of the molecule is Cn1ccc(CNc2n[nH]c(=S)s2)n1. The zero-order valence-corrected chi connectivity index (χ0v) is 9.15. The molecule has 0 spiro atoms. The van der Waals surface area contributed by atoms with Crippen LogP contribution < -0.4 is 5.32 Å². The largest absolute Gasteiger partial charge is 0.354 e. The number of hydrogen-bond donors (Lipinski definition) is 2. The van der Waals surface area contributed by atoms with Gasteiger partial charge in [0, 0.05) is 13.2 Å². The minimum atomic E-state index is 0.664. The molecule has 14 heavy (non-hydrogen) atoms. The van der Waals surface area contributed by atoms with Gasteiger partial charge in [0.25, 0.3) is 0 Å². The summed E-state index contributed by atoms with van der Waals surface area (Å²) in [5.41, 5.74) is 0.980. The van der Waals surface area contributed by atoms with E-state index in [9.17, 15) is 0 Å². The lowest BCUT2D eigenvalue weighted by atomic mass is 10.4. The third kappa shape index (κ3) is 2.18. The maximum Gasteiger partial charge on any atom is 0.204 e. The Balaban J connectivity index is 1.98. The zero-order valence-electron chi connectivity index (χ0n) is 7.52. The number of rotatable bonds is 3. The number of nitrogens with one attached hydrogen (secondary N) is 2. The molecule has 74 valence electrons. The van der Waals surface area contributed by atoms with Gasteiger partial charge in [0.05, 0.1) is 12.2 Å². The summed E-state index contributed by atoms with van der Waals surface area (Å²) < 4.78 is 2.44. The van der Waals surface area contributed by atoms with Crippen LogP contribution in [0.3, 0.4) is 0 Å². The van der Waals surface area contributed by atoms with Gasteiger partial charge in [-0.1, -0.05) is 11.3 Å². The molecule has 2 aromatic heterocycles. The highest BCUT2D eigenvalue weighted by molar-refractivity contribution is 7.73. The van der Waals surface area contributed by atoms with Crippen LogP contribution in [-0.4, -0.2) is 20.0 Å². The second kappa shape index (κ2) is 3.89. The van der Waals surface area contributed by atoms with Gasteiger partial charge in [-0.25, -0.2) is 0 Å². The maximum atomic E-state index is 4.91. The van der Waals surface area contributed by atoms with E-state index in [1.54, 1.807) is 4.68 Å². The van der Waals surface area contributed by atoms with Gasteiger partial charge in [0.1, 0.15) is 0 Å². The average molecular weight is 227 g/mol. The number of aromatic nitrogens is 4. The molecule has 2 heterocycles. The van der Waals surface area contributed by atoms with Crippen LogP contribution in [0, 0.1) is 3.95 Å². The van der Waals surface area contributed by atoms with Crippen molar-refractivity contribution in [2.45, 2.75) is 6.54 Å². The molecule has 0 saturated heterocycles. The topological polar surface area (TPSA) is 58.5 Å². The zero-order chi connectivity index (χ0) is 9.97. The first-order valence-corrected chi connectivity index (χ1v) is 5.24. The van der Waals surface area contributed by atoms with E-state index in [1.807, 2.05) is 19.3 Å². The van der Waals surface area contributed by atoms with E-state index in [4.69, 9.17) is 12.2 Å². The molecule has 0 aliphatic carbocycles. The van der Waals surface area contributed by atoms with Gasteiger partial charge in [-0.2, -0.15) is 5.10 Å². The predicted octanol–water partition coefficient (Wildman–Crippen LogP) is 1.55. The quantitative estimate of drug-likeness (QED) is 0.781. The van der Waals surface area contributed by atoms with Crippen molar-refractivity contribution < 1.29 is 0 Å². The smallest absolute Gasteiger partial charge is 0.204 e. The van der Waals surface area contributed by atoms with Gasteiger partial charge in [0.2, 0.25) is 5.13 Å². The molecule has 0 unspecified atom stereocenters. The summed E-state index contributed by atoms with van der Waals surface area (Å²) in [5, 5.41) is 14.8. The second-order valence-electron chi connectivity index (χ2n) is 2.75. The summed E-state index contributed by atoms with van der Waals surface area (Å²) in [4.78, 5) is 0. The number of H-pyrrole nitrogens is 1. The maximum absolute atomic E-state index is 4.91. The van der Waals surface area contributed by atoms with Crippen molar-refractivity contribution in [3.05, 3.63) is 21.9 Å². The molecule has 0 bridgehead atoms. The molecule has 2 rings (SSSR count). The molecule has 0 saturated carbocycles. The van der Waals surface area contributed by atoms with Crippen LogP contribution in [0.5, 0.6) is 0 Å². The van der Waals surface area contributed by atoms with E-state index in [0.717, 1.165) is 10.8 Å². The fraction of sp³-hybridized carbons (Fsp3) is 0.286. The van der Waals surface area contributed by atoms with Gasteiger partial charge in [-0.3, -0.25) is 9.78 Å². The first kappa shape index (κ1) is 9.35. The van der Waals surface area contributed by atoms with Crippen molar-refractivity contribution in [3.8, 4) is 0 Å². The number of aryl methyl sites for hydroxylation is 1. The Bertz CT molecular complexity index is 468. The van der Waals surface area contributed by atoms with Gasteiger partial charge < -0.3 is 5.32 Å². The molecular weight excluding hydrogens is 218 g/mol. The monoisotopic (exact) mass is 227 g/mol. The van der Waals surface area contributed by atoms with Crippen LogP contribution >= 0.6 is 23.6 Å². The van der Waals surface area contributed by atoms with Crippen LogP contribution in [0.2, 0.25) is 0 Å². The molecule has 0 atom stereocenters. The molecule has 2 aromatic rings. The average Bonchev–Trinajstić information content (AvgIpc) is 2.72. The van der Waals surface area contributed by atoms with E-state index in [2.05, 4.69) is 20.6 Å². The lowest BCUT2D eigenvalue weighted by molar-refractivity contribution is 0.747. The van der Waals surface area contributed by atoms with Gasteiger partial charge in [0.15, 0.2) is 3.95 Å². The summed E-state index contributed by atoms with van der Waals surface area (Å²) in [6.45, 7) is 0.664. The van der Waals surface area contributed by atoms with E-state index >= 15 is 0 Å². The summed E-state index contributed by atoms with van der Waals surface area (Å²) in [6, 6.07) is 1.96. The van der Waals surface area contributed by atoms with E-state index in [1.165, 1.54) is 11.3 Å². The van der Waals surface area contributed by atoms with Crippen LogP contribution in [0.4, 0.5) is 5.13 Å². The van der Waals surface area contributed by atoms with Gasteiger partial charge in [-0.05, 0) is 18.3 Å². The van der Waals surface area contributed by atoms with E-state index in [-0.39, 0.29) is 0 Å². The highest BCUT2D eigenvalue weighted by Gasteiger charge is 1.99.